The van der Waals surface area contributed by atoms with E-state index in [-0.39, 0.29) is 6.04 Å². The molecule has 0 aromatic carbocycles. The van der Waals surface area contributed by atoms with Crippen molar-refractivity contribution in [1.82, 2.24) is 0 Å². The van der Waals surface area contributed by atoms with E-state index in [0.717, 1.165) is 5.92 Å². The van der Waals surface area contributed by atoms with E-state index in [9.17, 15) is 0 Å². The van der Waals surface area contributed by atoms with Crippen molar-refractivity contribution >= 4 is 11.3 Å². The quantitative estimate of drug-likeness (QED) is 0.811. The summed E-state index contributed by atoms with van der Waals surface area (Å²) in [6.45, 7) is 6.64. The molecule has 1 aliphatic carbocycles. The molecule has 0 spiro atoms. The van der Waals surface area contributed by atoms with E-state index in [1.54, 1.807) is 0 Å². The average molecular weight is 209 g/mol. The van der Waals surface area contributed by atoms with Gasteiger partial charge < -0.3 is 5.73 Å². The molecule has 1 aromatic heterocycles. The van der Waals surface area contributed by atoms with Crippen molar-refractivity contribution in [1.29, 1.82) is 0 Å². The van der Waals surface area contributed by atoms with E-state index in [0.29, 0.717) is 5.92 Å². The van der Waals surface area contributed by atoms with Crippen LogP contribution in [0.5, 0.6) is 0 Å². The van der Waals surface area contributed by atoms with Crippen LogP contribution in [0.15, 0.2) is 6.07 Å². The highest BCUT2D eigenvalue weighted by molar-refractivity contribution is 7.12. The third kappa shape index (κ3) is 1.86. The number of hydrogen-bond acceptors (Lipinski definition) is 2. The molecule has 2 heteroatoms. The van der Waals surface area contributed by atoms with Crippen molar-refractivity contribution in [2.45, 2.75) is 39.7 Å². The Labute approximate surface area is 90.3 Å². The molecular weight excluding hydrogens is 190 g/mol. The van der Waals surface area contributed by atoms with E-state index < -0.39 is 0 Å². The first kappa shape index (κ1) is 10.2. The molecule has 0 saturated heterocycles. The molecule has 2 rings (SSSR count). The second kappa shape index (κ2) is 3.67. The van der Waals surface area contributed by atoms with Gasteiger partial charge in [0.2, 0.25) is 0 Å². The zero-order valence-electron chi connectivity index (χ0n) is 9.21. The molecule has 1 aromatic rings. The maximum absolute atomic E-state index is 6.30. The van der Waals surface area contributed by atoms with Crippen LogP contribution in [-0.2, 0) is 0 Å². The van der Waals surface area contributed by atoms with Crippen molar-refractivity contribution in [2.24, 2.45) is 17.6 Å². The van der Waals surface area contributed by atoms with Gasteiger partial charge in [-0.2, -0.15) is 0 Å². The van der Waals surface area contributed by atoms with Crippen molar-refractivity contribution in [3.8, 4) is 0 Å². The van der Waals surface area contributed by atoms with Gasteiger partial charge >= 0.3 is 0 Å². The van der Waals surface area contributed by atoms with Gasteiger partial charge in [-0.15, -0.1) is 11.3 Å². The Morgan fingerprint density at radius 1 is 1.43 bits per heavy atom. The van der Waals surface area contributed by atoms with Crippen LogP contribution in [0.3, 0.4) is 0 Å². The fourth-order valence-corrected chi connectivity index (χ4v) is 3.30. The molecule has 14 heavy (non-hydrogen) atoms. The van der Waals surface area contributed by atoms with Gasteiger partial charge in [0.15, 0.2) is 0 Å². The molecule has 2 atom stereocenters. The number of hydrogen-bond donors (Lipinski definition) is 1. The topological polar surface area (TPSA) is 26.0 Å². The van der Waals surface area contributed by atoms with Gasteiger partial charge in [-0.1, -0.05) is 6.92 Å². The highest BCUT2D eigenvalue weighted by Crippen LogP contribution is 2.43. The van der Waals surface area contributed by atoms with Crippen LogP contribution in [-0.4, -0.2) is 0 Å². The Balaban J connectivity index is 2.16. The van der Waals surface area contributed by atoms with Gasteiger partial charge in [-0.25, -0.2) is 0 Å². The highest BCUT2D eigenvalue weighted by Gasteiger charge is 2.33. The van der Waals surface area contributed by atoms with E-state index >= 15 is 0 Å². The Hall–Kier alpha value is -0.340. The third-order valence-electron chi connectivity index (χ3n) is 3.31. The lowest BCUT2D eigenvalue weighted by molar-refractivity contribution is 0.421. The molecule has 0 aliphatic heterocycles. The van der Waals surface area contributed by atoms with Gasteiger partial charge in [0, 0.05) is 15.8 Å². The molecule has 1 aliphatic rings. The molecule has 0 radical (unpaired) electrons. The summed E-state index contributed by atoms with van der Waals surface area (Å²) in [4.78, 5) is 2.79. The Morgan fingerprint density at radius 2 is 2.07 bits per heavy atom. The van der Waals surface area contributed by atoms with Crippen LogP contribution in [0.1, 0.15) is 41.1 Å². The first-order valence-corrected chi connectivity index (χ1v) is 6.23. The number of nitrogens with two attached hydrogens (primary N) is 1. The van der Waals surface area contributed by atoms with Gasteiger partial charge in [0.1, 0.15) is 0 Å². The van der Waals surface area contributed by atoms with Gasteiger partial charge in [-0.05, 0) is 50.2 Å². The summed E-state index contributed by atoms with van der Waals surface area (Å²) in [5.74, 6) is 1.55. The summed E-state index contributed by atoms with van der Waals surface area (Å²) in [7, 11) is 0. The lowest BCUT2D eigenvalue weighted by atomic mass is 9.95. The third-order valence-corrected chi connectivity index (χ3v) is 4.57. The van der Waals surface area contributed by atoms with Crippen LogP contribution < -0.4 is 5.73 Å². The van der Waals surface area contributed by atoms with E-state index in [2.05, 4.69) is 26.8 Å². The van der Waals surface area contributed by atoms with Gasteiger partial charge in [0.25, 0.3) is 0 Å². The lowest BCUT2D eigenvalue weighted by Crippen LogP contribution is -2.20. The fraction of sp³-hybridized carbons (Fsp3) is 0.667. The predicted octanol–water partition coefficient (Wildman–Crippen LogP) is 3.41. The maximum Gasteiger partial charge on any atom is 0.0421 e. The second-order valence-corrected chi connectivity index (χ2v) is 5.91. The SMILES string of the molecule is Cc1cc(C)c(C(N)C(C)C2CC2)s1. The van der Waals surface area contributed by atoms with Crippen LogP contribution in [0.25, 0.3) is 0 Å². The molecule has 0 amide bonds. The van der Waals surface area contributed by atoms with Crippen LogP contribution in [0, 0.1) is 25.7 Å². The Morgan fingerprint density at radius 3 is 2.50 bits per heavy atom. The second-order valence-electron chi connectivity index (χ2n) is 4.63. The molecular formula is C12H19NS. The van der Waals surface area contributed by atoms with Crippen molar-refractivity contribution in [3.05, 3.63) is 21.4 Å². The van der Waals surface area contributed by atoms with E-state index in [1.807, 2.05) is 11.3 Å². The first-order valence-electron chi connectivity index (χ1n) is 5.42. The molecule has 78 valence electrons. The Kier molecular flexibility index (Phi) is 2.67. The number of aryl methyl sites for hydroxylation is 2. The summed E-state index contributed by atoms with van der Waals surface area (Å²) in [5, 5.41) is 0. The van der Waals surface area contributed by atoms with Crippen LogP contribution in [0.2, 0.25) is 0 Å². The fourth-order valence-electron chi connectivity index (χ4n) is 2.14. The summed E-state index contributed by atoms with van der Waals surface area (Å²) in [6.07, 6.45) is 2.77. The molecule has 1 saturated carbocycles. The number of rotatable bonds is 3. The molecule has 0 bridgehead atoms. The van der Waals surface area contributed by atoms with E-state index in [4.69, 9.17) is 5.73 Å². The number of thiophene rings is 1. The minimum absolute atomic E-state index is 0.265. The molecule has 2 unspecified atom stereocenters. The van der Waals surface area contributed by atoms with Gasteiger partial charge in [0.05, 0.1) is 0 Å². The van der Waals surface area contributed by atoms with Crippen molar-refractivity contribution in [3.63, 3.8) is 0 Å². The zero-order valence-corrected chi connectivity index (χ0v) is 10.0. The summed E-state index contributed by atoms with van der Waals surface area (Å²) >= 11 is 1.87. The van der Waals surface area contributed by atoms with Crippen molar-refractivity contribution < 1.29 is 0 Å². The monoisotopic (exact) mass is 209 g/mol. The smallest absolute Gasteiger partial charge is 0.0421 e. The van der Waals surface area contributed by atoms with Crippen LogP contribution >= 0.6 is 11.3 Å². The first-order chi connectivity index (χ1) is 6.59. The minimum atomic E-state index is 0.265. The molecule has 1 heterocycles. The normalized spacial score (nSPS) is 20.9. The predicted molar refractivity (Wildman–Crippen MR) is 62.6 cm³/mol. The molecule has 1 nitrogen and oxygen atoms in total. The van der Waals surface area contributed by atoms with Crippen LogP contribution in [0.4, 0.5) is 0 Å². The molecule has 1 fully saturated rings. The maximum atomic E-state index is 6.30. The average Bonchev–Trinajstić information content (AvgIpc) is 2.90. The summed E-state index contributed by atoms with van der Waals surface area (Å²) < 4.78 is 0. The van der Waals surface area contributed by atoms with E-state index in [1.165, 1.54) is 28.2 Å². The Bertz CT molecular complexity index is 325. The standard InChI is InChI=1S/C12H19NS/c1-7-6-8(2)14-12(7)11(13)9(3)10-4-5-10/h6,9-11H,4-5,13H2,1-3H3. The highest BCUT2D eigenvalue weighted by atomic mass is 32.1. The molecule has 2 N–H and O–H groups in total. The minimum Gasteiger partial charge on any atom is -0.323 e. The summed E-state index contributed by atoms with van der Waals surface area (Å²) in [5.41, 5.74) is 7.69. The van der Waals surface area contributed by atoms with Crippen molar-refractivity contribution in [2.75, 3.05) is 0 Å². The lowest BCUT2D eigenvalue weighted by Gasteiger charge is -2.19. The largest absolute Gasteiger partial charge is 0.323 e. The summed E-state index contributed by atoms with van der Waals surface area (Å²) in [6, 6.07) is 2.51. The van der Waals surface area contributed by atoms with Gasteiger partial charge in [-0.3, -0.25) is 0 Å². The zero-order chi connectivity index (χ0) is 10.3.